The minimum absolute atomic E-state index is 0.167. The van der Waals surface area contributed by atoms with Crippen LogP contribution in [0.5, 0.6) is 5.75 Å². The third kappa shape index (κ3) is 6.63. The average Bonchev–Trinajstić information content (AvgIpc) is 2.83. The number of halogens is 6. The second-order valence-electron chi connectivity index (χ2n) is 8.70. The highest BCUT2D eigenvalue weighted by molar-refractivity contribution is 5.88. The molecule has 0 bridgehead atoms. The van der Waals surface area contributed by atoms with Crippen molar-refractivity contribution in [2.45, 2.75) is 32.0 Å². The monoisotopic (exact) mass is 518 g/mol. The number of fused-ring (bicyclic) bond motifs is 1. The lowest BCUT2D eigenvalue weighted by molar-refractivity contribution is -0.274. The van der Waals surface area contributed by atoms with Crippen molar-refractivity contribution in [3.63, 3.8) is 0 Å². The summed E-state index contributed by atoms with van der Waals surface area (Å²) in [4.78, 5) is 0. The largest absolute Gasteiger partial charge is 0.573 e. The van der Waals surface area contributed by atoms with Crippen LogP contribution < -0.4 is 4.74 Å². The molecule has 0 heterocycles. The normalized spacial score (nSPS) is 11.8. The summed E-state index contributed by atoms with van der Waals surface area (Å²) in [7, 11) is 1.56. The number of alkyl halides is 3. The molecule has 0 fully saturated rings. The minimum Gasteiger partial charge on any atom is -0.406 e. The number of benzene rings is 4. The quantitative estimate of drug-likeness (QED) is 0.164. The number of rotatable bonds is 9. The van der Waals surface area contributed by atoms with Crippen molar-refractivity contribution in [3.05, 3.63) is 101 Å². The second-order valence-corrected chi connectivity index (χ2v) is 8.70. The van der Waals surface area contributed by atoms with E-state index in [-0.39, 0.29) is 11.3 Å². The maximum absolute atomic E-state index is 15.2. The Morgan fingerprint density at radius 2 is 1.43 bits per heavy atom. The molecule has 0 aromatic heterocycles. The van der Waals surface area contributed by atoms with Gasteiger partial charge in [0.05, 0.1) is 5.56 Å². The van der Waals surface area contributed by atoms with Gasteiger partial charge in [-0.15, -0.1) is 13.2 Å². The van der Waals surface area contributed by atoms with E-state index in [9.17, 15) is 22.0 Å². The Kier molecular flexibility index (Phi) is 8.07. The van der Waals surface area contributed by atoms with E-state index in [1.807, 2.05) is 0 Å². The molecular formula is C29H24F6O2. The summed E-state index contributed by atoms with van der Waals surface area (Å²) in [5, 5.41) is 0.808. The predicted molar refractivity (Wildman–Crippen MR) is 130 cm³/mol. The second kappa shape index (κ2) is 11.3. The van der Waals surface area contributed by atoms with Gasteiger partial charge in [0.25, 0.3) is 0 Å². The molecule has 8 heteroatoms. The molecule has 4 rings (SSSR count). The number of aryl methyl sites for hydroxylation is 3. The first-order valence-electron chi connectivity index (χ1n) is 11.7. The molecule has 37 heavy (non-hydrogen) atoms. The maximum atomic E-state index is 15.2. The highest BCUT2D eigenvalue weighted by atomic mass is 19.4. The lowest BCUT2D eigenvalue weighted by Crippen LogP contribution is -2.17. The Balaban J connectivity index is 1.51. The van der Waals surface area contributed by atoms with Gasteiger partial charge in [0, 0.05) is 19.1 Å². The summed E-state index contributed by atoms with van der Waals surface area (Å²) in [6, 6.07) is 15.9. The summed E-state index contributed by atoms with van der Waals surface area (Å²) < 4.78 is 90.6. The molecule has 0 aliphatic rings. The van der Waals surface area contributed by atoms with Crippen molar-refractivity contribution in [1.29, 1.82) is 0 Å². The van der Waals surface area contributed by atoms with Gasteiger partial charge in [-0.1, -0.05) is 36.4 Å². The fraction of sp³-hybridized carbons (Fsp3) is 0.241. The van der Waals surface area contributed by atoms with Crippen LogP contribution in [-0.4, -0.2) is 20.1 Å². The van der Waals surface area contributed by atoms with Crippen LogP contribution in [0.3, 0.4) is 0 Å². The molecule has 4 aromatic carbocycles. The molecule has 0 saturated heterocycles. The smallest absolute Gasteiger partial charge is 0.406 e. The van der Waals surface area contributed by atoms with E-state index in [1.165, 1.54) is 48.5 Å². The van der Waals surface area contributed by atoms with Crippen LogP contribution in [0, 0.1) is 17.5 Å². The molecule has 2 nitrogen and oxygen atoms in total. The van der Waals surface area contributed by atoms with Gasteiger partial charge in [-0.2, -0.15) is 0 Å². The highest BCUT2D eigenvalue weighted by Crippen LogP contribution is 2.32. The van der Waals surface area contributed by atoms with E-state index in [0.717, 1.165) is 5.56 Å². The fourth-order valence-corrected chi connectivity index (χ4v) is 4.29. The molecule has 0 aliphatic carbocycles. The summed E-state index contributed by atoms with van der Waals surface area (Å²) in [5.74, 6) is -2.14. The zero-order valence-corrected chi connectivity index (χ0v) is 20.0. The third-order valence-corrected chi connectivity index (χ3v) is 6.08. The molecule has 0 atom stereocenters. The number of ether oxygens (including phenoxy) is 2. The van der Waals surface area contributed by atoms with E-state index < -0.39 is 23.8 Å². The molecule has 0 amide bonds. The lowest BCUT2D eigenvalue weighted by atomic mass is 9.96. The van der Waals surface area contributed by atoms with Gasteiger partial charge in [-0.05, 0) is 83.7 Å². The van der Waals surface area contributed by atoms with Crippen LogP contribution in [0.4, 0.5) is 26.3 Å². The minimum atomic E-state index is -4.76. The molecule has 0 spiro atoms. The Hall–Kier alpha value is -3.52. The predicted octanol–water partition coefficient (Wildman–Crippen LogP) is 8.19. The van der Waals surface area contributed by atoms with Crippen LogP contribution in [0.15, 0.2) is 66.7 Å². The van der Waals surface area contributed by atoms with Crippen molar-refractivity contribution in [3.8, 4) is 16.9 Å². The number of hydrogen-bond donors (Lipinski definition) is 0. The molecule has 0 unspecified atom stereocenters. The Bertz CT molecular complexity index is 1360. The van der Waals surface area contributed by atoms with Crippen molar-refractivity contribution in [2.75, 3.05) is 13.7 Å². The summed E-state index contributed by atoms with van der Waals surface area (Å²) in [6.45, 7) is 0.492. The van der Waals surface area contributed by atoms with Crippen molar-refractivity contribution < 1.29 is 35.8 Å². The molecule has 0 saturated carbocycles. The van der Waals surface area contributed by atoms with Crippen molar-refractivity contribution >= 4 is 10.8 Å². The van der Waals surface area contributed by atoms with Crippen LogP contribution in [-0.2, 0) is 24.0 Å². The molecule has 0 radical (unpaired) electrons. The van der Waals surface area contributed by atoms with E-state index >= 15 is 4.39 Å². The van der Waals surface area contributed by atoms with Gasteiger partial charge >= 0.3 is 6.36 Å². The molecule has 4 aromatic rings. The highest BCUT2D eigenvalue weighted by Gasteiger charge is 2.30. The van der Waals surface area contributed by atoms with Gasteiger partial charge in [0.2, 0.25) is 0 Å². The summed E-state index contributed by atoms with van der Waals surface area (Å²) in [5.41, 5.74) is 1.82. The van der Waals surface area contributed by atoms with Crippen LogP contribution in [0.25, 0.3) is 21.9 Å². The van der Waals surface area contributed by atoms with Crippen molar-refractivity contribution in [1.82, 2.24) is 0 Å². The Morgan fingerprint density at radius 1 is 0.730 bits per heavy atom. The fourth-order valence-electron chi connectivity index (χ4n) is 4.29. The SMILES string of the molecule is COCCCc1cc(F)c(-c2ccc3c(F)c(CCc4ccc(OC(F)(F)F)cc4)ccc3c2)c(F)c1. The Morgan fingerprint density at radius 3 is 2.08 bits per heavy atom. The molecule has 0 aliphatic heterocycles. The van der Waals surface area contributed by atoms with Gasteiger partial charge in [-0.25, -0.2) is 13.2 Å². The first kappa shape index (κ1) is 26.5. The topological polar surface area (TPSA) is 18.5 Å². The molecule has 0 N–H and O–H groups in total. The average molecular weight is 518 g/mol. The van der Waals surface area contributed by atoms with E-state index in [4.69, 9.17) is 4.74 Å². The lowest BCUT2D eigenvalue weighted by Gasteiger charge is -2.12. The Labute approximate surface area is 210 Å². The summed E-state index contributed by atoms with van der Waals surface area (Å²) >= 11 is 0. The van der Waals surface area contributed by atoms with Gasteiger partial charge < -0.3 is 9.47 Å². The van der Waals surface area contributed by atoms with Crippen molar-refractivity contribution in [2.24, 2.45) is 0 Å². The zero-order chi connectivity index (χ0) is 26.6. The van der Waals surface area contributed by atoms with Gasteiger partial charge in [0.1, 0.15) is 23.2 Å². The van der Waals surface area contributed by atoms with Crippen LogP contribution in [0.2, 0.25) is 0 Å². The van der Waals surface area contributed by atoms with E-state index in [1.54, 1.807) is 25.3 Å². The van der Waals surface area contributed by atoms with E-state index in [2.05, 4.69) is 4.74 Å². The summed E-state index contributed by atoms with van der Waals surface area (Å²) in [6.07, 6.45) is -2.92. The standard InChI is InChI=1S/C29H24F6O2/c1-36-14-2-3-19-15-25(30)27(26(31)16-19)22-10-13-24-21(17-22)9-8-20(28(24)32)7-4-18-5-11-23(12-6-18)37-29(33,34)35/h5-6,8-13,15-17H,2-4,7,14H2,1H3. The molecular weight excluding hydrogens is 494 g/mol. The third-order valence-electron chi connectivity index (χ3n) is 6.08. The number of hydrogen-bond acceptors (Lipinski definition) is 2. The number of methoxy groups -OCH3 is 1. The van der Waals surface area contributed by atoms with Crippen LogP contribution in [0.1, 0.15) is 23.1 Å². The molecule has 194 valence electrons. The van der Waals surface area contributed by atoms with E-state index in [0.29, 0.717) is 59.8 Å². The van der Waals surface area contributed by atoms with Gasteiger partial charge in [0.15, 0.2) is 0 Å². The van der Waals surface area contributed by atoms with Gasteiger partial charge in [-0.3, -0.25) is 0 Å². The maximum Gasteiger partial charge on any atom is 0.573 e. The zero-order valence-electron chi connectivity index (χ0n) is 20.0. The first-order chi connectivity index (χ1) is 17.6. The first-order valence-corrected chi connectivity index (χ1v) is 11.7. The van der Waals surface area contributed by atoms with Crippen LogP contribution >= 0.6 is 0 Å².